The van der Waals surface area contributed by atoms with Crippen LogP contribution in [0.15, 0.2) is 35.6 Å². The Hall–Kier alpha value is -2.08. The summed E-state index contributed by atoms with van der Waals surface area (Å²) in [5, 5.41) is 3.44. The number of pyridine rings is 1. The van der Waals surface area contributed by atoms with E-state index in [4.69, 9.17) is 4.74 Å². The number of ether oxygens (including phenoxy) is 1. The van der Waals surface area contributed by atoms with Crippen molar-refractivity contribution in [1.29, 1.82) is 0 Å². The molecule has 6 heteroatoms. The second-order valence-corrected chi connectivity index (χ2v) is 7.52. The number of imidazole rings is 1. The van der Waals surface area contributed by atoms with E-state index < -0.39 is 0 Å². The Morgan fingerprint density at radius 1 is 1.32 bits per heavy atom. The summed E-state index contributed by atoms with van der Waals surface area (Å²) >= 11 is 0. The van der Waals surface area contributed by atoms with Gasteiger partial charge in [0, 0.05) is 32.5 Å². The van der Waals surface area contributed by atoms with Crippen molar-refractivity contribution < 1.29 is 4.74 Å². The Bertz CT molecular complexity index is 690. The molecule has 2 aromatic rings. The minimum absolute atomic E-state index is 0.0735. The molecule has 0 amide bonds. The van der Waals surface area contributed by atoms with E-state index in [0.29, 0.717) is 12.6 Å². The molecule has 6 nitrogen and oxygen atoms in total. The maximum Gasteiger partial charge on any atom is 0.193 e. The van der Waals surface area contributed by atoms with Gasteiger partial charge in [0.05, 0.1) is 23.9 Å². The normalized spacial score (nSPS) is 17.3. The van der Waals surface area contributed by atoms with Gasteiger partial charge in [-0.1, -0.05) is 6.07 Å². The van der Waals surface area contributed by atoms with Crippen molar-refractivity contribution in [2.45, 2.75) is 51.9 Å². The molecule has 1 saturated heterocycles. The van der Waals surface area contributed by atoms with Crippen molar-refractivity contribution >= 4 is 11.6 Å². The van der Waals surface area contributed by atoms with E-state index >= 15 is 0 Å². The highest BCUT2D eigenvalue weighted by molar-refractivity contribution is 5.79. The van der Waals surface area contributed by atoms with Gasteiger partial charge >= 0.3 is 0 Å². The minimum atomic E-state index is -0.0735. The lowest BCUT2D eigenvalue weighted by Crippen LogP contribution is -2.47. The zero-order valence-electron chi connectivity index (χ0n) is 15.7. The van der Waals surface area contributed by atoms with Crippen molar-refractivity contribution in [3.8, 4) is 0 Å². The molecule has 136 valence electrons. The van der Waals surface area contributed by atoms with E-state index in [9.17, 15) is 0 Å². The van der Waals surface area contributed by atoms with Crippen molar-refractivity contribution in [2.75, 3.05) is 20.1 Å². The summed E-state index contributed by atoms with van der Waals surface area (Å²) < 4.78 is 8.14. The van der Waals surface area contributed by atoms with Gasteiger partial charge in [-0.25, -0.2) is 4.98 Å². The molecule has 1 N–H and O–H groups in total. The highest BCUT2D eigenvalue weighted by Crippen LogP contribution is 2.20. The van der Waals surface area contributed by atoms with Crippen molar-refractivity contribution in [3.05, 3.63) is 36.3 Å². The molecule has 0 atom stereocenters. The standard InChI is InChI=1S/C19H29N5O/c1-19(2,3)25-16-8-11-23(12-9-16)18(20-4)21-13-15-14-24-10-6-5-7-17(24)22-15/h5-7,10,14,16H,8-9,11-13H2,1-4H3,(H,20,21). The Kier molecular flexibility index (Phi) is 5.27. The summed E-state index contributed by atoms with van der Waals surface area (Å²) in [5.74, 6) is 0.936. The van der Waals surface area contributed by atoms with Crippen LogP contribution in [0.4, 0.5) is 0 Å². The highest BCUT2D eigenvalue weighted by Gasteiger charge is 2.25. The van der Waals surface area contributed by atoms with Gasteiger partial charge in [0.15, 0.2) is 5.96 Å². The molecule has 2 aromatic heterocycles. The van der Waals surface area contributed by atoms with Crippen LogP contribution in [0.5, 0.6) is 0 Å². The summed E-state index contributed by atoms with van der Waals surface area (Å²) in [6, 6.07) is 6.02. The number of guanidine groups is 1. The Morgan fingerprint density at radius 2 is 2.08 bits per heavy atom. The predicted molar refractivity (Wildman–Crippen MR) is 101 cm³/mol. The minimum Gasteiger partial charge on any atom is -0.372 e. The van der Waals surface area contributed by atoms with E-state index in [1.807, 2.05) is 35.8 Å². The number of nitrogens with one attached hydrogen (secondary N) is 1. The van der Waals surface area contributed by atoms with Crippen LogP contribution in [0.25, 0.3) is 5.65 Å². The van der Waals surface area contributed by atoms with Gasteiger partial charge in [-0.2, -0.15) is 0 Å². The van der Waals surface area contributed by atoms with Crippen molar-refractivity contribution in [1.82, 2.24) is 19.6 Å². The fourth-order valence-corrected chi connectivity index (χ4v) is 3.26. The Labute approximate surface area is 149 Å². The van der Waals surface area contributed by atoms with Crippen molar-refractivity contribution in [3.63, 3.8) is 0 Å². The molecule has 1 aliphatic rings. The third kappa shape index (κ3) is 4.72. The van der Waals surface area contributed by atoms with Crippen LogP contribution in [-0.4, -0.2) is 52.1 Å². The van der Waals surface area contributed by atoms with Crippen LogP contribution in [0.1, 0.15) is 39.3 Å². The molecule has 3 heterocycles. The summed E-state index contributed by atoms with van der Waals surface area (Å²) in [7, 11) is 1.84. The maximum atomic E-state index is 6.10. The number of aliphatic imine (C=N–C) groups is 1. The molecular formula is C19H29N5O. The largest absolute Gasteiger partial charge is 0.372 e. The lowest BCUT2D eigenvalue weighted by molar-refractivity contribution is -0.0772. The quantitative estimate of drug-likeness (QED) is 0.688. The van der Waals surface area contributed by atoms with E-state index in [0.717, 1.165) is 43.2 Å². The van der Waals surface area contributed by atoms with Crippen LogP contribution in [0.2, 0.25) is 0 Å². The first-order valence-electron chi connectivity index (χ1n) is 9.00. The third-order valence-electron chi connectivity index (χ3n) is 4.32. The number of hydrogen-bond acceptors (Lipinski definition) is 3. The van der Waals surface area contributed by atoms with Crippen LogP contribution in [0.3, 0.4) is 0 Å². The van der Waals surface area contributed by atoms with Gasteiger partial charge in [-0.3, -0.25) is 4.99 Å². The van der Waals surface area contributed by atoms with E-state index in [-0.39, 0.29) is 5.60 Å². The molecule has 0 aliphatic carbocycles. The van der Waals surface area contributed by atoms with Crippen molar-refractivity contribution in [2.24, 2.45) is 4.99 Å². The molecule has 0 radical (unpaired) electrons. The molecule has 3 rings (SSSR count). The van der Waals surface area contributed by atoms with Crippen LogP contribution in [0, 0.1) is 0 Å². The monoisotopic (exact) mass is 343 g/mol. The molecular weight excluding hydrogens is 314 g/mol. The SMILES string of the molecule is CN=C(NCc1cn2ccccc2n1)N1CCC(OC(C)(C)C)CC1. The summed E-state index contributed by atoms with van der Waals surface area (Å²) in [5.41, 5.74) is 1.91. The lowest BCUT2D eigenvalue weighted by Gasteiger charge is -2.36. The van der Waals surface area contributed by atoms with Gasteiger partial charge in [-0.15, -0.1) is 0 Å². The topological polar surface area (TPSA) is 54.2 Å². The highest BCUT2D eigenvalue weighted by atomic mass is 16.5. The molecule has 0 bridgehead atoms. The lowest BCUT2D eigenvalue weighted by atomic mass is 10.1. The van der Waals surface area contributed by atoms with E-state index in [1.165, 1.54) is 0 Å². The van der Waals surface area contributed by atoms with Gasteiger partial charge in [0.2, 0.25) is 0 Å². The zero-order chi connectivity index (χ0) is 17.9. The smallest absolute Gasteiger partial charge is 0.193 e. The van der Waals surface area contributed by atoms with Crippen LogP contribution in [-0.2, 0) is 11.3 Å². The van der Waals surface area contributed by atoms with Crippen LogP contribution >= 0.6 is 0 Å². The number of fused-ring (bicyclic) bond motifs is 1. The molecule has 0 saturated carbocycles. The molecule has 0 unspecified atom stereocenters. The number of likely N-dealkylation sites (tertiary alicyclic amines) is 1. The van der Waals surface area contributed by atoms with Gasteiger partial charge in [-0.05, 0) is 45.7 Å². The number of nitrogens with zero attached hydrogens (tertiary/aromatic N) is 4. The Balaban J connectivity index is 1.53. The average Bonchev–Trinajstić information content (AvgIpc) is 2.98. The fraction of sp³-hybridized carbons (Fsp3) is 0.579. The molecule has 1 fully saturated rings. The second kappa shape index (κ2) is 7.44. The zero-order valence-corrected chi connectivity index (χ0v) is 15.7. The molecule has 25 heavy (non-hydrogen) atoms. The van der Waals surface area contributed by atoms with Gasteiger partial charge in [0.25, 0.3) is 0 Å². The number of aromatic nitrogens is 2. The van der Waals surface area contributed by atoms with E-state index in [2.05, 4.69) is 47.2 Å². The average molecular weight is 343 g/mol. The van der Waals surface area contributed by atoms with Gasteiger partial charge < -0.3 is 19.4 Å². The molecule has 1 aliphatic heterocycles. The second-order valence-electron chi connectivity index (χ2n) is 7.52. The van der Waals surface area contributed by atoms with Crippen LogP contribution < -0.4 is 5.32 Å². The number of rotatable bonds is 3. The fourth-order valence-electron chi connectivity index (χ4n) is 3.26. The Morgan fingerprint density at radius 3 is 2.72 bits per heavy atom. The maximum absolute atomic E-state index is 6.10. The first kappa shape index (κ1) is 17.7. The number of piperidine rings is 1. The number of hydrogen-bond donors (Lipinski definition) is 1. The first-order valence-corrected chi connectivity index (χ1v) is 9.00. The van der Waals surface area contributed by atoms with Gasteiger partial charge in [0.1, 0.15) is 5.65 Å². The molecule has 0 aromatic carbocycles. The first-order chi connectivity index (χ1) is 11.9. The third-order valence-corrected chi connectivity index (χ3v) is 4.32. The predicted octanol–water partition coefficient (Wildman–Crippen LogP) is 2.69. The summed E-state index contributed by atoms with van der Waals surface area (Å²) in [6.07, 6.45) is 6.48. The summed E-state index contributed by atoms with van der Waals surface area (Å²) in [6.45, 7) is 8.96. The molecule has 0 spiro atoms. The van der Waals surface area contributed by atoms with E-state index in [1.54, 1.807) is 0 Å². The summed E-state index contributed by atoms with van der Waals surface area (Å²) in [4.78, 5) is 11.4.